The third-order valence-electron chi connectivity index (χ3n) is 5.16. The van der Waals surface area contributed by atoms with E-state index in [1.54, 1.807) is 29.2 Å². The fraction of sp³-hybridized carbons (Fsp3) is 0.160. The first kappa shape index (κ1) is 20.3. The molecule has 156 valence electrons. The van der Waals surface area contributed by atoms with Gasteiger partial charge in [-0.15, -0.1) is 0 Å². The van der Waals surface area contributed by atoms with Gasteiger partial charge in [-0.3, -0.25) is 4.79 Å². The van der Waals surface area contributed by atoms with Crippen LogP contribution < -0.4 is 0 Å². The van der Waals surface area contributed by atoms with Crippen LogP contribution >= 0.6 is 0 Å². The molecular formula is C25H22N2O4. The van der Waals surface area contributed by atoms with E-state index in [4.69, 9.17) is 9.94 Å². The third kappa shape index (κ3) is 4.98. The summed E-state index contributed by atoms with van der Waals surface area (Å²) < 4.78 is 0. The number of nitrogens with zero attached hydrogens (tertiary/aromatic N) is 2. The van der Waals surface area contributed by atoms with Crippen molar-refractivity contribution in [2.24, 2.45) is 5.16 Å². The number of oxime groups is 1. The van der Waals surface area contributed by atoms with Crippen molar-refractivity contribution in [1.29, 1.82) is 0 Å². The zero-order chi connectivity index (χ0) is 21.6. The molecule has 0 fully saturated rings. The van der Waals surface area contributed by atoms with E-state index in [1.807, 2.05) is 60.7 Å². The van der Waals surface area contributed by atoms with Crippen molar-refractivity contribution in [2.45, 2.75) is 25.6 Å². The zero-order valence-corrected chi connectivity index (χ0v) is 16.8. The molecule has 3 aromatic rings. The molecule has 1 heterocycles. The maximum Gasteiger partial charge on any atom is 0.335 e. The Balaban J connectivity index is 1.52. The summed E-state index contributed by atoms with van der Waals surface area (Å²) >= 11 is 0. The summed E-state index contributed by atoms with van der Waals surface area (Å²) in [6.07, 6.45) is 0.139. The maximum atomic E-state index is 13.3. The molecule has 0 bridgehead atoms. The van der Waals surface area contributed by atoms with E-state index >= 15 is 0 Å². The lowest BCUT2D eigenvalue weighted by Gasteiger charge is -2.23. The normalized spacial score (nSPS) is 15.1. The number of carboxylic acids is 1. The lowest BCUT2D eigenvalue weighted by atomic mass is 10.0. The minimum atomic E-state index is -0.979. The summed E-state index contributed by atoms with van der Waals surface area (Å²) in [5.74, 6) is -1.17. The van der Waals surface area contributed by atoms with Gasteiger partial charge < -0.3 is 14.8 Å². The van der Waals surface area contributed by atoms with Crippen LogP contribution in [0.2, 0.25) is 0 Å². The number of rotatable bonds is 7. The molecule has 0 spiro atoms. The Morgan fingerprint density at radius 2 is 1.45 bits per heavy atom. The number of carbonyl (C=O) groups excluding carboxylic acids is 1. The fourth-order valence-corrected chi connectivity index (χ4v) is 3.51. The van der Waals surface area contributed by atoms with Crippen molar-refractivity contribution < 1.29 is 19.5 Å². The Morgan fingerprint density at radius 1 is 0.871 bits per heavy atom. The molecule has 0 aliphatic carbocycles. The van der Waals surface area contributed by atoms with Crippen LogP contribution in [0.5, 0.6) is 0 Å². The summed E-state index contributed by atoms with van der Waals surface area (Å²) in [7, 11) is 0. The average molecular weight is 414 g/mol. The van der Waals surface area contributed by atoms with Crippen LogP contribution in [0, 0.1) is 0 Å². The molecule has 1 amide bonds. The monoisotopic (exact) mass is 414 g/mol. The standard InChI is InChI=1S/C25H22N2O4/c28-24(22-15-23(31-26-22)20-9-5-2-6-10-20)27(16-18-7-3-1-4-8-18)17-19-11-13-21(14-12-19)25(29)30/h1-14,23H,15-17H2,(H,29,30)/t23-/m1/s1. The Labute approximate surface area is 180 Å². The minimum Gasteiger partial charge on any atom is -0.478 e. The molecule has 0 saturated carbocycles. The SMILES string of the molecule is O=C(O)c1ccc(CN(Cc2ccccc2)C(=O)C2=NO[C@@H](c3ccccc3)C2)cc1. The van der Waals surface area contributed by atoms with Crippen molar-refractivity contribution in [3.8, 4) is 0 Å². The number of carbonyl (C=O) groups is 2. The van der Waals surface area contributed by atoms with E-state index in [0.29, 0.717) is 25.2 Å². The van der Waals surface area contributed by atoms with Gasteiger partial charge in [0.2, 0.25) is 0 Å². The van der Waals surface area contributed by atoms with E-state index in [1.165, 1.54) is 0 Å². The molecule has 0 aromatic heterocycles. The minimum absolute atomic E-state index is 0.190. The van der Waals surface area contributed by atoms with Crippen molar-refractivity contribution in [2.75, 3.05) is 0 Å². The molecule has 31 heavy (non-hydrogen) atoms. The number of aromatic carboxylic acids is 1. The molecule has 1 atom stereocenters. The van der Waals surface area contributed by atoms with Crippen LogP contribution in [-0.2, 0) is 22.7 Å². The first-order chi connectivity index (χ1) is 15.1. The molecule has 1 aliphatic heterocycles. The maximum absolute atomic E-state index is 13.3. The van der Waals surface area contributed by atoms with Gasteiger partial charge in [-0.25, -0.2) is 4.79 Å². The molecule has 4 rings (SSSR count). The smallest absolute Gasteiger partial charge is 0.335 e. The fourth-order valence-electron chi connectivity index (χ4n) is 3.51. The highest BCUT2D eigenvalue weighted by atomic mass is 16.6. The molecule has 6 nitrogen and oxygen atoms in total. The topological polar surface area (TPSA) is 79.2 Å². The number of hydrogen-bond donors (Lipinski definition) is 1. The van der Waals surface area contributed by atoms with E-state index in [0.717, 1.165) is 16.7 Å². The number of hydrogen-bond acceptors (Lipinski definition) is 4. The molecular weight excluding hydrogens is 392 g/mol. The van der Waals surface area contributed by atoms with E-state index in [9.17, 15) is 9.59 Å². The molecule has 1 N–H and O–H groups in total. The number of carboxylic acid groups (broad SMARTS) is 1. The van der Waals surface area contributed by atoms with Crippen LogP contribution in [0.1, 0.15) is 39.6 Å². The molecule has 0 unspecified atom stereocenters. The summed E-state index contributed by atoms with van der Waals surface area (Å²) in [6, 6.07) is 26.0. The highest BCUT2D eigenvalue weighted by Crippen LogP contribution is 2.28. The lowest BCUT2D eigenvalue weighted by Crippen LogP contribution is -2.35. The Hall–Kier alpha value is -3.93. The van der Waals surface area contributed by atoms with Crippen LogP contribution in [0.25, 0.3) is 0 Å². The van der Waals surface area contributed by atoms with Gasteiger partial charge in [0, 0.05) is 19.5 Å². The summed E-state index contributed by atoms with van der Waals surface area (Å²) in [4.78, 5) is 31.7. The van der Waals surface area contributed by atoms with Gasteiger partial charge in [0.15, 0.2) is 6.10 Å². The van der Waals surface area contributed by atoms with E-state index in [2.05, 4.69) is 5.16 Å². The second kappa shape index (κ2) is 9.26. The van der Waals surface area contributed by atoms with Gasteiger partial charge in [-0.05, 0) is 28.8 Å². The van der Waals surface area contributed by atoms with Gasteiger partial charge in [-0.2, -0.15) is 0 Å². The summed E-state index contributed by atoms with van der Waals surface area (Å²) in [5, 5.41) is 13.2. The third-order valence-corrected chi connectivity index (χ3v) is 5.16. The molecule has 0 saturated heterocycles. The van der Waals surface area contributed by atoms with Crippen LogP contribution in [0.15, 0.2) is 90.1 Å². The van der Waals surface area contributed by atoms with Crippen molar-refractivity contribution >= 4 is 17.6 Å². The summed E-state index contributed by atoms with van der Waals surface area (Å²) in [6.45, 7) is 0.748. The molecule has 1 aliphatic rings. The van der Waals surface area contributed by atoms with Crippen LogP contribution in [0.3, 0.4) is 0 Å². The average Bonchev–Trinajstić information content (AvgIpc) is 3.30. The van der Waals surface area contributed by atoms with E-state index < -0.39 is 5.97 Å². The van der Waals surface area contributed by atoms with E-state index in [-0.39, 0.29) is 17.6 Å². The van der Waals surface area contributed by atoms with Crippen LogP contribution in [-0.4, -0.2) is 27.6 Å². The van der Waals surface area contributed by atoms with Gasteiger partial charge in [0.1, 0.15) is 5.71 Å². The highest BCUT2D eigenvalue weighted by Gasteiger charge is 2.30. The van der Waals surface area contributed by atoms with Crippen molar-refractivity contribution in [1.82, 2.24) is 4.90 Å². The Kier molecular flexibility index (Phi) is 6.08. The zero-order valence-electron chi connectivity index (χ0n) is 16.8. The number of benzene rings is 3. The predicted octanol–water partition coefficient (Wildman–Crippen LogP) is 4.43. The van der Waals surface area contributed by atoms with Gasteiger partial charge in [0.05, 0.1) is 5.56 Å². The van der Waals surface area contributed by atoms with Gasteiger partial charge >= 0.3 is 5.97 Å². The molecule has 6 heteroatoms. The quantitative estimate of drug-likeness (QED) is 0.620. The second-order valence-corrected chi connectivity index (χ2v) is 7.40. The number of amides is 1. The summed E-state index contributed by atoms with van der Waals surface area (Å²) in [5.41, 5.74) is 3.41. The lowest BCUT2D eigenvalue weighted by molar-refractivity contribution is -0.125. The second-order valence-electron chi connectivity index (χ2n) is 7.40. The Morgan fingerprint density at radius 3 is 2.06 bits per heavy atom. The Bertz CT molecular complexity index is 1080. The molecule has 3 aromatic carbocycles. The first-order valence-corrected chi connectivity index (χ1v) is 10.0. The predicted molar refractivity (Wildman–Crippen MR) is 116 cm³/mol. The van der Waals surface area contributed by atoms with Gasteiger partial charge in [0.25, 0.3) is 5.91 Å². The highest BCUT2D eigenvalue weighted by molar-refractivity contribution is 6.39. The largest absolute Gasteiger partial charge is 0.478 e. The van der Waals surface area contributed by atoms with Crippen molar-refractivity contribution in [3.63, 3.8) is 0 Å². The van der Waals surface area contributed by atoms with Crippen LogP contribution in [0.4, 0.5) is 0 Å². The molecule has 0 radical (unpaired) electrons. The van der Waals surface area contributed by atoms with Gasteiger partial charge in [-0.1, -0.05) is 78.0 Å². The first-order valence-electron chi connectivity index (χ1n) is 10.0. The van der Waals surface area contributed by atoms with Crippen molar-refractivity contribution in [3.05, 3.63) is 107 Å².